The number of nitrogens with one attached hydrogen (secondary N) is 1. The molecule has 3 nitrogen and oxygen atoms in total. The number of rotatable bonds is 3. The van der Waals surface area contributed by atoms with Gasteiger partial charge in [0.1, 0.15) is 0 Å². The van der Waals surface area contributed by atoms with Crippen LogP contribution in [0.3, 0.4) is 0 Å². The van der Waals surface area contributed by atoms with E-state index in [1.165, 1.54) is 18.6 Å². The van der Waals surface area contributed by atoms with Gasteiger partial charge < -0.3 is 10.2 Å². The zero-order chi connectivity index (χ0) is 15.7. The molecule has 1 N–H and O–H groups in total. The predicted molar refractivity (Wildman–Crippen MR) is 87.3 cm³/mol. The normalized spacial score (nSPS) is 26.3. The Morgan fingerprint density at radius 3 is 2.87 bits per heavy atom. The Kier molecular flexibility index (Phi) is 5.63. The van der Waals surface area contributed by atoms with Crippen molar-refractivity contribution < 1.29 is 13.6 Å². The van der Waals surface area contributed by atoms with Crippen molar-refractivity contribution in [3.05, 3.63) is 35.4 Å². The monoisotopic (exact) mass is 344 g/mol. The third-order valence-corrected chi connectivity index (χ3v) is 5.21. The molecule has 1 aliphatic carbocycles. The molecule has 0 radical (unpaired) electrons. The summed E-state index contributed by atoms with van der Waals surface area (Å²) in [4.78, 5) is 14.6. The summed E-state index contributed by atoms with van der Waals surface area (Å²) in [6, 6.07) is 3.81. The van der Waals surface area contributed by atoms with Crippen molar-refractivity contribution >= 4 is 18.3 Å². The van der Waals surface area contributed by atoms with Crippen LogP contribution in [0.25, 0.3) is 0 Å². The van der Waals surface area contributed by atoms with Crippen molar-refractivity contribution in [1.82, 2.24) is 10.2 Å². The van der Waals surface area contributed by atoms with E-state index in [1.807, 2.05) is 0 Å². The van der Waals surface area contributed by atoms with E-state index in [9.17, 15) is 13.6 Å². The number of carbonyl (C=O) groups excluding carboxylic acids is 1. The van der Waals surface area contributed by atoms with Crippen molar-refractivity contribution in [3.8, 4) is 0 Å². The number of fused-ring (bicyclic) bond motifs is 1. The Morgan fingerprint density at radius 1 is 1.35 bits per heavy atom. The van der Waals surface area contributed by atoms with Gasteiger partial charge in [0.05, 0.1) is 5.41 Å². The summed E-state index contributed by atoms with van der Waals surface area (Å²) < 4.78 is 26.3. The highest BCUT2D eigenvalue weighted by atomic mass is 35.5. The van der Waals surface area contributed by atoms with E-state index in [2.05, 4.69) is 5.32 Å². The lowest BCUT2D eigenvalue weighted by Crippen LogP contribution is -2.48. The third-order valence-electron chi connectivity index (χ3n) is 5.21. The van der Waals surface area contributed by atoms with E-state index in [0.717, 1.165) is 38.4 Å². The van der Waals surface area contributed by atoms with E-state index in [1.54, 1.807) is 11.9 Å². The van der Waals surface area contributed by atoms with Gasteiger partial charge in [0.25, 0.3) is 0 Å². The Bertz CT molecular complexity index is 584. The second-order valence-electron chi connectivity index (χ2n) is 6.64. The fraction of sp³-hybridized carbons (Fsp3) is 0.588. The highest BCUT2D eigenvalue weighted by molar-refractivity contribution is 5.85. The maximum absolute atomic E-state index is 13.3. The molecule has 1 amide bonds. The fourth-order valence-corrected chi connectivity index (χ4v) is 4.03. The molecule has 1 saturated heterocycles. The van der Waals surface area contributed by atoms with Crippen molar-refractivity contribution in [2.45, 2.75) is 32.2 Å². The zero-order valence-corrected chi connectivity index (χ0v) is 14.1. The number of nitrogens with zero attached hydrogens (tertiary/aromatic N) is 1. The van der Waals surface area contributed by atoms with Crippen LogP contribution in [0.15, 0.2) is 18.2 Å². The van der Waals surface area contributed by atoms with Crippen LogP contribution < -0.4 is 5.32 Å². The number of amides is 1. The van der Waals surface area contributed by atoms with E-state index in [0.29, 0.717) is 18.0 Å². The maximum atomic E-state index is 13.3. The van der Waals surface area contributed by atoms with Crippen LogP contribution in [0, 0.1) is 23.0 Å². The summed E-state index contributed by atoms with van der Waals surface area (Å²) in [5.74, 6) is -1.19. The fourth-order valence-electron chi connectivity index (χ4n) is 4.03. The number of carbonyl (C=O) groups is 1. The van der Waals surface area contributed by atoms with Gasteiger partial charge in [-0.05, 0) is 43.0 Å². The van der Waals surface area contributed by atoms with Crippen molar-refractivity contribution in [3.63, 3.8) is 0 Å². The first-order valence-electron chi connectivity index (χ1n) is 7.93. The molecule has 2 atom stereocenters. The van der Waals surface area contributed by atoms with Crippen LogP contribution in [0.5, 0.6) is 0 Å². The summed E-state index contributed by atoms with van der Waals surface area (Å²) in [7, 11) is 1.75. The first kappa shape index (κ1) is 18.1. The lowest BCUT2D eigenvalue weighted by molar-refractivity contribution is -0.144. The van der Waals surface area contributed by atoms with Crippen LogP contribution in [-0.4, -0.2) is 30.9 Å². The predicted octanol–water partition coefficient (Wildman–Crippen LogP) is 3.12. The molecule has 6 heteroatoms. The van der Waals surface area contributed by atoms with E-state index >= 15 is 0 Å². The van der Waals surface area contributed by atoms with Crippen LogP contribution in [-0.2, 0) is 11.3 Å². The Balaban J connectivity index is 0.00000192. The van der Waals surface area contributed by atoms with E-state index in [-0.39, 0.29) is 23.7 Å². The summed E-state index contributed by atoms with van der Waals surface area (Å²) >= 11 is 0. The van der Waals surface area contributed by atoms with Gasteiger partial charge in [-0.1, -0.05) is 18.9 Å². The zero-order valence-electron chi connectivity index (χ0n) is 13.3. The smallest absolute Gasteiger partial charge is 0.230 e. The molecule has 0 spiro atoms. The number of hydrogen-bond acceptors (Lipinski definition) is 2. The van der Waals surface area contributed by atoms with Gasteiger partial charge in [-0.2, -0.15) is 0 Å². The minimum atomic E-state index is -0.866. The summed E-state index contributed by atoms with van der Waals surface area (Å²) in [6.07, 6.45) is 4.29. The van der Waals surface area contributed by atoms with Gasteiger partial charge in [-0.3, -0.25) is 4.79 Å². The average molecular weight is 345 g/mol. The first-order valence-corrected chi connectivity index (χ1v) is 7.93. The van der Waals surface area contributed by atoms with Crippen molar-refractivity contribution in [1.29, 1.82) is 0 Å². The minimum absolute atomic E-state index is 0. The number of halogens is 3. The molecule has 23 heavy (non-hydrogen) atoms. The van der Waals surface area contributed by atoms with Gasteiger partial charge in [-0.25, -0.2) is 8.78 Å². The lowest BCUT2D eigenvalue weighted by Gasteiger charge is -2.39. The molecule has 2 fully saturated rings. The van der Waals surface area contributed by atoms with Gasteiger partial charge in [0.15, 0.2) is 11.6 Å². The molecule has 1 aromatic carbocycles. The standard InChI is InChI=1S/C17H22F2N2O.ClH/c1-21(10-12-5-6-14(18)15(19)8-12)16(22)17-7-3-2-4-13(17)9-20-11-17;/h5-6,8,13,20H,2-4,7,9-11H2,1H3;1H/t13-,17+;/m0./s1. The van der Waals surface area contributed by atoms with E-state index in [4.69, 9.17) is 0 Å². The molecule has 1 saturated carbocycles. The van der Waals surface area contributed by atoms with Crippen LogP contribution >= 0.6 is 12.4 Å². The summed E-state index contributed by atoms with van der Waals surface area (Å²) in [5.41, 5.74) is 0.315. The maximum Gasteiger partial charge on any atom is 0.230 e. The van der Waals surface area contributed by atoms with Crippen LogP contribution in [0.4, 0.5) is 8.78 Å². The Morgan fingerprint density at radius 2 is 2.13 bits per heavy atom. The molecule has 1 aliphatic heterocycles. The van der Waals surface area contributed by atoms with Gasteiger partial charge in [0.2, 0.25) is 5.91 Å². The average Bonchev–Trinajstić information content (AvgIpc) is 2.95. The largest absolute Gasteiger partial charge is 0.341 e. The SMILES string of the molecule is CN(Cc1ccc(F)c(F)c1)C(=O)[C@@]12CCCC[C@H]1CNC2.Cl. The molecule has 0 unspecified atom stereocenters. The molecule has 1 aromatic rings. The second-order valence-corrected chi connectivity index (χ2v) is 6.64. The van der Waals surface area contributed by atoms with E-state index < -0.39 is 11.6 Å². The highest BCUT2D eigenvalue weighted by Gasteiger charge is 2.50. The Labute approximate surface area is 141 Å². The lowest BCUT2D eigenvalue weighted by atomic mass is 9.67. The van der Waals surface area contributed by atoms with Gasteiger partial charge >= 0.3 is 0 Å². The molecule has 3 rings (SSSR count). The second kappa shape index (κ2) is 7.14. The first-order chi connectivity index (χ1) is 10.5. The highest BCUT2D eigenvalue weighted by Crippen LogP contribution is 2.45. The van der Waals surface area contributed by atoms with Crippen molar-refractivity contribution in [2.24, 2.45) is 11.3 Å². The third kappa shape index (κ3) is 3.36. The van der Waals surface area contributed by atoms with Gasteiger partial charge in [0, 0.05) is 20.1 Å². The van der Waals surface area contributed by atoms with Gasteiger partial charge in [-0.15, -0.1) is 12.4 Å². The van der Waals surface area contributed by atoms with Crippen LogP contribution in [0.1, 0.15) is 31.2 Å². The summed E-state index contributed by atoms with van der Waals surface area (Å²) in [6.45, 7) is 1.95. The summed E-state index contributed by atoms with van der Waals surface area (Å²) in [5, 5.41) is 3.36. The Hall–Kier alpha value is -1.20. The number of hydrogen-bond donors (Lipinski definition) is 1. The van der Waals surface area contributed by atoms with Crippen molar-refractivity contribution in [2.75, 3.05) is 20.1 Å². The molecular formula is C17H23ClF2N2O. The molecule has 2 aliphatic rings. The molecule has 128 valence electrons. The van der Waals surface area contributed by atoms with Crippen LogP contribution in [0.2, 0.25) is 0 Å². The minimum Gasteiger partial charge on any atom is -0.341 e. The molecule has 0 bridgehead atoms. The number of benzene rings is 1. The quantitative estimate of drug-likeness (QED) is 0.913. The molecular weight excluding hydrogens is 322 g/mol. The molecule has 0 aromatic heterocycles. The topological polar surface area (TPSA) is 32.3 Å². The molecule has 1 heterocycles.